The quantitative estimate of drug-likeness (QED) is 0.513. The lowest BCUT2D eigenvalue weighted by atomic mass is 9.87. The summed E-state index contributed by atoms with van der Waals surface area (Å²) in [5.74, 6) is 2.53. The number of hydrogen-bond donors (Lipinski definition) is 1. The minimum Gasteiger partial charge on any atom is -0.494 e. The Labute approximate surface area is 193 Å². The summed E-state index contributed by atoms with van der Waals surface area (Å²) >= 11 is 1.62. The molecule has 2 aromatic carbocycles. The van der Waals surface area contributed by atoms with Crippen molar-refractivity contribution < 1.29 is 9.53 Å². The molecule has 6 nitrogen and oxygen atoms in total. The third kappa shape index (κ3) is 4.99. The maximum atomic E-state index is 11.6. The lowest BCUT2D eigenvalue weighted by molar-refractivity contribution is -0.119. The van der Waals surface area contributed by atoms with E-state index >= 15 is 0 Å². The molecule has 4 rings (SSSR count). The molecule has 1 saturated heterocycles. The highest BCUT2D eigenvalue weighted by Crippen LogP contribution is 2.31. The van der Waals surface area contributed by atoms with Gasteiger partial charge in [-0.3, -0.25) is 9.36 Å². The lowest BCUT2D eigenvalue weighted by Gasteiger charge is -2.19. The zero-order chi connectivity index (χ0) is 22.7. The fourth-order valence-electron chi connectivity index (χ4n) is 3.74. The molecule has 1 N–H and O–H groups in total. The zero-order valence-electron chi connectivity index (χ0n) is 19.1. The first-order valence-electron chi connectivity index (χ1n) is 11.1. The summed E-state index contributed by atoms with van der Waals surface area (Å²) < 4.78 is 7.69. The van der Waals surface area contributed by atoms with Crippen molar-refractivity contribution in [3.8, 4) is 22.8 Å². The van der Waals surface area contributed by atoms with Crippen LogP contribution in [0.3, 0.4) is 0 Å². The van der Waals surface area contributed by atoms with E-state index in [0.717, 1.165) is 40.2 Å². The standard InChI is InChI=1S/C25H30N4O2S/c1-5-31-21-13-11-20(12-14-21)29-23(17-6-8-18(9-7-17)25(2,3)4)27-28-24(29)32-16-19-10-15-22(30)26-19/h6-9,11-14,19H,5,10,15-16H2,1-4H3,(H,26,30)/t19-/m1/s1. The molecule has 2 heterocycles. The van der Waals surface area contributed by atoms with Crippen LogP contribution in [0.2, 0.25) is 0 Å². The van der Waals surface area contributed by atoms with E-state index in [1.165, 1.54) is 5.56 Å². The molecule has 0 aliphatic carbocycles. The Morgan fingerprint density at radius 2 is 1.81 bits per heavy atom. The van der Waals surface area contributed by atoms with Gasteiger partial charge in [-0.2, -0.15) is 0 Å². The van der Waals surface area contributed by atoms with Crippen LogP contribution < -0.4 is 10.1 Å². The molecule has 0 unspecified atom stereocenters. The Bertz CT molecular complexity index is 1070. The van der Waals surface area contributed by atoms with Gasteiger partial charge in [-0.05, 0) is 48.6 Å². The van der Waals surface area contributed by atoms with Crippen LogP contribution in [0.25, 0.3) is 17.1 Å². The van der Waals surface area contributed by atoms with Crippen molar-refractivity contribution in [1.29, 1.82) is 0 Å². The summed E-state index contributed by atoms with van der Waals surface area (Å²) in [6, 6.07) is 16.7. The van der Waals surface area contributed by atoms with Crippen molar-refractivity contribution in [2.45, 2.75) is 57.1 Å². The average Bonchev–Trinajstić information content (AvgIpc) is 3.38. The van der Waals surface area contributed by atoms with E-state index in [2.05, 4.69) is 65.1 Å². The fourth-order valence-corrected chi connectivity index (χ4v) is 4.76. The van der Waals surface area contributed by atoms with E-state index in [4.69, 9.17) is 4.74 Å². The summed E-state index contributed by atoms with van der Waals surface area (Å²) in [7, 11) is 0. The number of carbonyl (C=O) groups excluding carboxylic acids is 1. The average molecular weight is 451 g/mol. The van der Waals surface area contributed by atoms with E-state index < -0.39 is 0 Å². The second-order valence-electron chi connectivity index (χ2n) is 9.01. The molecule has 32 heavy (non-hydrogen) atoms. The minimum absolute atomic E-state index is 0.0913. The highest BCUT2D eigenvalue weighted by Gasteiger charge is 2.23. The van der Waals surface area contributed by atoms with Gasteiger partial charge in [-0.1, -0.05) is 56.8 Å². The van der Waals surface area contributed by atoms with Gasteiger partial charge in [0.1, 0.15) is 5.75 Å². The SMILES string of the molecule is CCOc1ccc(-n2c(SC[C@H]3CCC(=O)N3)nnc2-c2ccc(C(C)(C)C)cc2)cc1. The Balaban J connectivity index is 1.67. The lowest BCUT2D eigenvalue weighted by Crippen LogP contribution is -2.27. The summed E-state index contributed by atoms with van der Waals surface area (Å²) in [6.07, 6.45) is 1.46. The topological polar surface area (TPSA) is 69.0 Å². The van der Waals surface area contributed by atoms with E-state index in [0.29, 0.717) is 13.0 Å². The molecule has 1 aliphatic heterocycles. The molecular weight excluding hydrogens is 420 g/mol. The molecule has 1 aliphatic rings. The Morgan fingerprint density at radius 1 is 1.09 bits per heavy atom. The number of rotatable bonds is 7. The zero-order valence-corrected chi connectivity index (χ0v) is 19.9. The minimum atomic E-state index is 0.0913. The Hall–Kier alpha value is -2.80. The summed E-state index contributed by atoms with van der Waals surface area (Å²) in [5.41, 5.74) is 3.36. The number of nitrogens with one attached hydrogen (secondary N) is 1. The predicted octanol–water partition coefficient (Wildman–Crippen LogP) is 5.00. The monoisotopic (exact) mass is 450 g/mol. The van der Waals surface area contributed by atoms with Crippen LogP contribution in [-0.2, 0) is 10.2 Å². The second-order valence-corrected chi connectivity index (χ2v) is 10.00. The van der Waals surface area contributed by atoms with Crippen LogP contribution in [-0.4, -0.2) is 39.1 Å². The maximum Gasteiger partial charge on any atom is 0.220 e. The van der Waals surface area contributed by atoms with Crippen LogP contribution in [0.4, 0.5) is 0 Å². The molecule has 0 spiro atoms. The number of benzene rings is 2. The number of carbonyl (C=O) groups is 1. The number of amides is 1. The van der Waals surface area contributed by atoms with Gasteiger partial charge < -0.3 is 10.1 Å². The van der Waals surface area contributed by atoms with Gasteiger partial charge in [0.05, 0.1) is 6.61 Å². The molecule has 7 heteroatoms. The molecule has 1 amide bonds. The highest BCUT2D eigenvalue weighted by atomic mass is 32.2. The fraction of sp³-hybridized carbons (Fsp3) is 0.400. The van der Waals surface area contributed by atoms with Crippen molar-refractivity contribution in [2.75, 3.05) is 12.4 Å². The van der Waals surface area contributed by atoms with E-state index in [9.17, 15) is 4.79 Å². The number of thioether (sulfide) groups is 1. The molecule has 1 fully saturated rings. The van der Waals surface area contributed by atoms with E-state index in [1.54, 1.807) is 11.8 Å². The predicted molar refractivity (Wildman–Crippen MR) is 129 cm³/mol. The first kappa shape index (κ1) is 22.4. The molecule has 0 radical (unpaired) electrons. The molecule has 3 aromatic rings. The molecular formula is C25H30N4O2S. The van der Waals surface area contributed by atoms with Crippen LogP contribution in [0.15, 0.2) is 53.7 Å². The van der Waals surface area contributed by atoms with Crippen molar-refractivity contribution >= 4 is 17.7 Å². The van der Waals surface area contributed by atoms with E-state index in [1.807, 2.05) is 31.2 Å². The van der Waals surface area contributed by atoms with Gasteiger partial charge in [0.15, 0.2) is 11.0 Å². The summed E-state index contributed by atoms with van der Waals surface area (Å²) in [6.45, 7) is 9.23. The summed E-state index contributed by atoms with van der Waals surface area (Å²) in [4.78, 5) is 11.6. The van der Waals surface area contributed by atoms with Gasteiger partial charge in [-0.15, -0.1) is 10.2 Å². The highest BCUT2D eigenvalue weighted by molar-refractivity contribution is 7.99. The van der Waals surface area contributed by atoms with Crippen LogP contribution in [0.1, 0.15) is 46.1 Å². The number of aromatic nitrogens is 3. The Kier molecular flexibility index (Phi) is 6.55. The molecule has 0 saturated carbocycles. The normalized spacial score (nSPS) is 16.2. The van der Waals surface area contributed by atoms with E-state index in [-0.39, 0.29) is 17.4 Å². The molecule has 1 atom stereocenters. The largest absolute Gasteiger partial charge is 0.494 e. The van der Waals surface area contributed by atoms with Crippen molar-refractivity contribution in [3.05, 3.63) is 54.1 Å². The van der Waals surface area contributed by atoms with Gasteiger partial charge in [0.2, 0.25) is 5.91 Å². The number of hydrogen-bond acceptors (Lipinski definition) is 5. The third-order valence-corrected chi connectivity index (χ3v) is 6.64. The van der Waals surface area contributed by atoms with Gasteiger partial charge in [0, 0.05) is 29.5 Å². The van der Waals surface area contributed by atoms with Crippen LogP contribution in [0, 0.1) is 0 Å². The van der Waals surface area contributed by atoms with Crippen molar-refractivity contribution in [2.24, 2.45) is 0 Å². The first-order chi connectivity index (χ1) is 15.3. The van der Waals surface area contributed by atoms with Crippen LogP contribution in [0.5, 0.6) is 5.75 Å². The molecule has 0 bridgehead atoms. The second kappa shape index (κ2) is 9.36. The Morgan fingerprint density at radius 3 is 2.41 bits per heavy atom. The molecule has 1 aromatic heterocycles. The molecule has 168 valence electrons. The van der Waals surface area contributed by atoms with Crippen molar-refractivity contribution in [1.82, 2.24) is 20.1 Å². The smallest absolute Gasteiger partial charge is 0.220 e. The van der Waals surface area contributed by atoms with Gasteiger partial charge in [-0.25, -0.2) is 0 Å². The number of nitrogens with zero attached hydrogens (tertiary/aromatic N) is 3. The van der Waals surface area contributed by atoms with Crippen LogP contribution >= 0.6 is 11.8 Å². The summed E-state index contributed by atoms with van der Waals surface area (Å²) in [5, 5.41) is 12.9. The van der Waals surface area contributed by atoms with Gasteiger partial charge in [0.25, 0.3) is 0 Å². The first-order valence-corrected chi connectivity index (χ1v) is 12.1. The number of ether oxygens (including phenoxy) is 1. The third-order valence-electron chi connectivity index (χ3n) is 5.55. The maximum absolute atomic E-state index is 11.6. The van der Waals surface area contributed by atoms with Gasteiger partial charge >= 0.3 is 0 Å². The van der Waals surface area contributed by atoms with Crippen molar-refractivity contribution in [3.63, 3.8) is 0 Å².